The summed E-state index contributed by atoms with van der Waals surface area (Å²) in [6.07, 6.45) is -6.67. The van der Waals surface area contributed by atoms with Crippen molar-refractivity contribution >= 4 is 5.97 Å². The Morgan fingerprint density at radius 3 is 2.50 bits per heavy atom. The Labute approximate surface area is 90.9 Å². The zero-order valence-electron chi connectivity index (χ0n) is 8.35. The van der Waals surface area contributed by atoms with E-state index in [0.29, 0.717) is 0 Å². The average Bonchev–Trinajstić information content (AvgIpc) is 2.41. The van der Waals surface area contributed by atoms with Gasteiger partial charge in [-0.25, -0.2) is 0 Å². The molecule has 1 rings (SSSR count). The van der Waals surface area contributed by atoms with E-state index in [0.717, 1.165) is 0 Å². The number of carbonyl (C=O) groups is 1. The predicted molar refractivity (Wildman–Crippen MR) is 49.2 cm³/mol. The third-order valence-electron chi connectivity index (χ3n) is 2.51. The highest BCUT2D eigenvalue weighted by Crippen LogP contribution is 2.31. The van der Waals surface area contributed by atoms with Crippen molar-refractivity contribution in [3.8, 4) is 0 Å². The molecule has 1 aliphatic heterocycles. The first-order chi connectivity index (χ1) is 7.31. The molecule has 0 amide bonds. The van der Waals surface area contributed by atoms with Crippen LogP contribution in [0.1, 0.15) is 6.42 Å². The molecule has 0 aliphatic carbocycles. The lowest BCUT2D eigenvalue weighted by molar-refractivity contribution is -0.155. The molecule has 7 N–H and O–H groups in total. The third-order valence-corrected chi connectivity index (χ3v) is 2.51. The van der Waals surface area contributed by atoms with Gasteiger partial charge in [0.25, 0.3) is 0 Å². The maximum atomic E-state index is 10.5. The fourth-order valence-electron chi connectivity index (χ4n) is 1.65. The molecule has 16 heavy (non-hydrogen) atoms. The molecular formula is C8H15NO7. The van der Waals surface area contributed by atoms with Crippen molar-refractivity contribution in [1.29, 1.82) is 0 Å². The number of nitrogens with two attached hydrogens (primary N) is 1. The van der Waals surface area contributed by atoms with Gasteiger partial charge < -0.3 is 36.0 Å². The molecular weight excluding hydrogens is 222 g/mol. The number of aliphatic hydroxyl groups is 4. The number of carboxylic acids is 1. The van der Waals surface area contributed by atoms with Crippen LogP contribution in [0.4, 0.5) is 0 Å². The first kappa shape index (κ1) is 13.3. The summed E-state index contributed by atoms with van der Waals surface area (Å²) in [4.78, 5) is 10.5. The molecule has 5 atom stereocenters. The Hall–Kier alpha value is -0.770. The van der Waals surface area contributed by atoms with Gasteiger partial charge in [-0.05, 0) is 0 Å². The van der Waals surface area contributed by atoms with Gasteiger partial charge in [-0.15, -0.1) is 0 Å². The van der Waals surface area contributed by atoms with Crippen molar-refractivity contribution < 1.29 is 35.1 Å². The predicted octanol–water partition coefficient (Wildman–Crippen LogP) is -3.41. The smallest absolute Gasteiger partial charge is 0.307 e. The molecule has 0 aromatic heterocycles. The maximum absolute atomic E-state index is 10.5. The lowest BCUT2D eigenvalue weighted by Gasteiger charge is -2.25. The van der Waals surface area contributed by atoms with Gasteiger partial charge in [0.2, 0.25) is 0 Å². The van der Waals surface area contributed by atoms with E-state index >= 15 is 0 Å². The summed E-state index contributed by atoms with van der Waals surface area (Å²) < 4.78 is 4.92. The molecule has 0 spiro atoms. The second-order valence-corrected chi connectivity index (χ2v) is 3.79. The van der Waals surface area contributed by atoms with Crippen molar-refractivity contribution in [3.63, 3.8) is 0 Å². The van der Waals surface area contributed by atoms with Crippen LogP contribution in [0, 0.1) is 0 Å². The number of aliphatic carboxylic acids is 1. The van der Waals surface area contributed by atoms with Crippen LogP contribution >= 0.6 is 0 Å². The molecule has 0 aromatic carbocycles. The molecule has 0 unspecified atom stereocenters. The topological polar surface area (TPSA) is 153 Å². The highest BCUT2D eigenvalue weighted by Gasteiger charge is 2.54. The minimum atomic E-state index is -1.97. The Morgan fingerprint density at radius 2 is 2.06 bits per heavy atom. The SMILES string of the molecule is N[C@@]1(CC(=O)O)O[C@H]([C@H](O)CO)[C@H](O)[C@@H]1O. The van der Waals surface area contributed by atoms with E-state index in [1.165, 1.54) is 0 Å². The molecule has 94 valence electrons. The zero-order chi connectivity index (χ0) is 12.5. The van der Waals surface area contributed by atoms with Gasteiger partial charge in [0, 0.05) is 0 Å². The number of aliphatic hydroxyl groups excluding tert-OH is 4. The largest absolute Gasteiger partial charge is 0.481 e. The first-order valence-electron chi connectivity index (χ1n) is 4.65. The number of ether oxygens (including phenoxy) is 1. The lowest BCUT2D eigenvalue weighted by atomic mass is 9.99. The molecule has 8 nitrogen and oxygen atoms in total. The minimum absolute atomic E-state index is 0.697. The van der Waals surface area contributed by atoms with Crippen LogP contribution in [-0.4, -0.2) is 68.2 Å². The number of hydrogen-bond donors (Lipinski definition) is 6. The minimum Gasteiger partial charge on any atom is -0.481 e. The number of hydrogen-bond acceptors (Lipinski definition) is 7. The monoisotopic (exact) mass is 237 g/mol. The summed E-state index contributed by atoms with van der Waals surface area (Å²) >= 11 is 0. The van der Waals surface area contributed by atoms with Crippen molar-refractivity contribution in [2.75, 3.05) is 6.61 Å². The molecule has 1 saturated heterocycles. The summed E-state index contributed by atoms with van der Waals surface area (Å²) in [6.45, 7) is -0.697. The summed E-state index contributed by atoms with van der Waals surface area (Å²) in [6, 6.07) is 0. The standard InChI is InChI=1S/C8H15NO7/c9-8(1-4(12)13)7(15)5(14)6(16-8)3(11)2-10/h3,5-7,10-11,14-15H,1-2,9H2,(H,12,13)/t3-,5+,6-,7+,8+/m1/s1. The van der Waals surface area contributed by atoms with E-state index in [-0.39, 0.29) is 0 Å². The molecule has 0 bridgehead atoms. The van der Waals surface area contributed by atoms with Crippen LogP contribution in [0.25, 0.3) is 0 Å². The van der Waals surface area contributed by atoms with Gasteiger partial charge in [-0.3, -0.25) is 4.79 Å². The Kier molecular flexibility index (Phi) is 3.84. The summed E-state index contributed by atoms with van der Waals surface area (Å²) in [5.41, 5.74) is 3.50. The third kappa shape index (κ3) is 2.32. The summed E-state index contributed by atoms with van der Waals surface area (Å²) in [7, 11) is 0. The van der Waals surface area contributed by atoms with E-state index in [1.807, 2.05) is 0 Å². The normalized spacial score (nSPS) is 40.9. The molecule has 1 fully saturated rings. The van der Waals surface area contributed by atoms with Crippen LogP contribution in [0.15, 0.2) is 0 Å². The van der Waals surface area contributed by atoms with Gasteiger partial charge in [-0.1, -0.05) is 0 Å². The summed E-state index contributed by atoms with van der Waals surface area (Å²) in [5.74, 6) is -1.31. The Bertz CT molecular complexity index is 273. The van der Waals surface area contributed by atoms with Crippen LogP contribution in [0.2, 0.25) is 0 Å². The Balaban J connectivity index is 2.81. The molecule has 0 saturated carbocycles. The van der Waals surface area contributed by atoms with Gasteiger partial charge in [0.15, 0.2) is 5.72 Å². The molecule has 0 radical (unpaired) electrons. The molecule has 8 heteroatoms. The van der Waals surface area contributed by atoms with Crippen LogP contribution in [0.3, 0.4) is 0 Å². The van der Waals surface area contributed by atoms with Crippen LogP contribution in [-0.2, 0) is 9.53 Å². The van der Waals surface area contributed by atoms with E-state index in [2.05, 4.69) is 0 Å². The van der Waals surface area contributed by atoms with Crippen molar-refractivity contribution in [2.45, 2.75) is 36.6 Å². The van der Waals surface area contributed by atoms with Crippen molar-refractivity contribution in [3.05, 3.63) is 0 Å². The van der Waals surface area contributed by atoms with E-state index < -0.39 is 49.1 Å². The molecule has 0 aromatic rings. The maximum Gasteiger partial charge on any atom is 0.307 e. The fraction of sp³-hybridized carbons (Fsp3) is 0.875. The second-order valence-electron chi connectivity index (χ2n) is 3.79. The number of carboxylic acid groups (broad SMARTS) is 1. The van der Waals surface area contributed by atoms with Crippen molar-refractivity contribution in [1.82, 2.24) is 0 Å². The van der Waals surface area contributed by atoms with Gasteiger partial charge in [0.05, 0.1) is 13.0 Å². The van der Waals surface area contributed by atoms with E-state index in [4.69, 9.17) is 20.7 Å². The lowest BCUT2D eigenvalue weighted by Crippen LogP contribution is -2.52. The van der Waals surface area contributed by atoms with E-state index in [9.17, 15) is 20.1 Å². The van der Waals surface area contributed by atoms with Crippen LogP contribution < -0.4 is 5.73 Å². The van der Waals surface area contributed by atoms with Crippen LogP contribution in [0.5, 0.6) is 0 Å². The Morgan fingerprint density at radius 1 is 1.50 bits per heavy atom. The van der Waals surface area contributed by atoms with Gasteiger partial charge in [-0.2, -0.15) is 0 Å². The second kappa shape index (κ2) is 4.62. The molecule has 1 heterocycles. The zero-order valence-corrected chi connectivity index (χ0v) is 8.35. The quantitative estimate of drug-likeness (QED) is 0.295. The van der Waals surface area contributed by atoms with Gasteiger partial charge >= 0.3 is 5.97 Å². The fourth-order valence-corrected chi connectivity index (χ4v) is 1.65. The average molecular weight is 237 g/mol. The summed E-state index contributed by atoms with van der Waals surface area (Å²) in [5, 5.41) is 45.5. The van der Waals surface area contributed by atoms with Crippen molar-refractivity contribution in [2.24, 2.45) is 5.73 Å². The highest BCUT2D eigenvalue weighted by atomic mass is 16.6. The van der Waals surface area contributed by atoms with E-state index in [1.54, 1.807) is 0 Å². The first-order valence-corrected chi connectivity index (χ1v) is 4.65. The highest BCUT2D eigenvalue weighted by molar-refractivity contribution is 5.68. The number of rotatable bonds is 4. The molecule has 1 aliphatic rings. The van der Waals surface area contributed by atoms with Gasteiger partial charge in [0.1, 0.15) is 24.4 Å².